The van der Waals surface area contributed by atoms with E-state index >= 15 is 0 Å². The second-order valence-corrected chi connectivity index (χ2v) is 7.16. The standard InChI is InChI=1S/C19H27NO5/c1-22-15-12-17-16(23-9-10-24-17)11-14(15)13-20-6-4-19(5-7-20)18(21)3-2-8-25-19/h11-12,18,21H,2-10,13H2,1H3. The number of aliphatic hydroxyl groups is 1. The molecule has 25 heavy (non-hydrogen) atoms. The lowest BCUT2D eigenvalue weighted by molar-refractivity contribution is -0.177. The van der Waals surface area contributed by atoms with Crippen molar-refractivity contribution in [3.63, 3.8) is 0 Å². The molecular formula is C19H27NO5. The summed E-state index contributed by atoms with van der Waals surface area (Å²) >= 11 is 0. The minimum absolute atomic E-state index is 0.327. The van der Waals surface area contributed by atoms with Crippen LogP contribution in [0.5, 0.6) is 17.2 Å². The molecule has 1 spiro atoms. The van der Waals surface area contributed by atoms with Crippen LogP contribution in [-0.2, 0) is 11.3 Å². The third-order valence-electron chi connectivity index (χ3n) is 5.66. The Balaban J connectivity index is 1.44. The highest BCUT2D eigenvalue weighted by molar-refractivity contribution is 5.51. The average Bonchev–Trinajstić information content (AvgIpc) is 2.65. The molecule has 0 bridgehead atoms. The number of methoxy groups -OCH3 is 1. The molecule has 1 aromatic rings. The molecule has 3 aliphatic rings. The zero-order valence-electron chi connectivity index (χ0n) is 14.8. The number of piperidine rings is 1. The number of hydrogen-bond acceptors (Lipinski definition) is 6. The summed E-state index contributed by atoms with van der Waals surface area (Å²) in [5.74, 6) is 2.38. The van der Waals surface area contributed by atoms with Gasteiger partial charge < -0.3 is 24.1 Å². The van der Waals surface area contributed by atoms with Crippen molar-refractivity contribution < 1.29 is 24.1 Å². The molecule has 0 aliphatic carbocycles. The number of aliphatic hydroxyl groups excluding tert-OH is 1. The molecular weight excluding hydrogens is 322 g/mol. The molecule has 2 fully saturated rings. The van der Waals surface area contributed by atoms with Crippen LogP contribution in [0.1, 0.15) is 31.2 Å². The highest BCUT2D eigenvalue weighted by Gasteiger charge is 2.43. The lowest BCUT2D eigenvalue weighted by Crippen LogP contribution is -2.55. The third kappa shape index (κ3) is 3.30. The van der Waals surface area contributed by atoms with Crippen molar-refractivity contribution in [3.8, 4) is 17.2 Å². The van der Waals surface area contributed by atoms with Gasteiger partial charge in [0.05, 0.1) is 18.8 Å². The van der Waals surface area contributed by atoms with E-state index in [1.807, 2.05) is 12.1 Å². The summed E-state index contributed by atoms with van der Waals surface area (Å²) in [6, 6.07) is 3.95. The Hall–Kier alpha value is -1.50. The number of nitrogens with zero attached hydrogens (tertiary/aromatic N) is 1. The quantitative estimate of drug-likeness (QED) is 0.900. The molecule has 2 saturated heterocycles. The topological polar surface area (TPSA) is 60.4 Å². The Morgan fingerprint density at radius 3 is 2.56 bits per heavy atom. The summed E-state index contributed by atoms with van der Waals surface area (Å²) in [7, 11) is 1.69. The SMILES string of the molecule is COc1cc2c(cc1CN1CCC3(CC1)OCCCC3O)OCCO2. The van der Waals surface area contributed by atoms with E-state index in [1.54, 1.807) is 7.11 Å². The van der Waals surface area contributed by atoms with Crippen molar-refractivity contribution in [3.05, 3.63) is 17.7 Å². The first-order chi connectivity index (χ1) is 12.2. The van der Waals surface area contributed by atoms with Crippen LogP contribution < -0.4 is 14.2 Å². The molecule has 0 saturated carbocycles. The monoisotopic (exact) mass is 349 g/mol. The van der Waals surface area contributed by atoms with Crippen molar-refractivity contribution in [2.45, 2.75) is 43.9 Å². The fourth-order valence-electron chi connectivity index (χ4n) is 4.15. The maximum absolute atomic E-state index is 10.4. The predicted molar refractivity (Wildman–Crippen MR) is 92.4 cm³/mol. The van der Waals surface area contributed by atoms with Gasteiger partial charge in [0.15, 0.2) is 11.5 Å². The molecule has 0 radical (unpaired) electrons. The largest absolute Gasteiger partial charge is 0.496 e. The van der Waals surface area contributed by atoms with Gasteiger partial charge in [-0.25, -0.2) is 0 Å². The molecule has 3 heterocycles. The molecule has 0 amide bonds. The maximum atomic E-state index is 10.4. The number of likely N-dealkylation sites (tertiary alicyclic amines) is 1. The van der Waals surface area contributed by atoms with Gasteiger partial charge in [-0.1, -0.05) is 0 Å². The molecule has 1 aromatic carbocycles. The first kappa shape index (κ1) is 16.9. The molecule has 1 unspecified atom stereocenters. The Morgan fingerprint density at radius 2 is 1.88 bits per heavy atom. The number of fused-ring (bicyclic) bond motifs is 1. The van der Waals surface area contributed by atoms with E-state index in [0.29, 0.717) is 13.2 Å². The molecule has 1 atom stereocenters. The van der Waals surface area contributed by atoms with Gasteiger partial charge in [0, 0.05) is 37.9 Å². The molecule has 6 nitrogen and oxygen atoms in total. The van der Waals surface area contributed by atoms with Crippen molar-refractivity contribution >= 4 is 0 Å². The van der Waals surface area contributed by atoms with E-state index < -0.39 is 0 Å². The van der Waals surface area contributed by atoms with E-state index in [0.717, 1.165) is 74.7 Å². The van der Waals surface area contributed by atoms with Gasteiger partial charge in [-0.15, -0.1) is 0 Å². The Morgan fingerprint density at radius 1 is 1.16 bits per heavy atom. The van der Waals surface area contributed by atoms with Crippen molar-refractivity contribution in [1.29, 1.82) is 0 Å². The molecule has 138 valence electrons. The normalized spacial score (nSPS) is 25.8. The lowest BCUT2D eigenvalue weighted by Gasteiger charge is -2.46. The van der Waals surface area contributed by atoms with E-state index in [-0.39, 0.29) is 11.7 Å². The van der Waals surface area contributed by atoms with E-state index in [1.165, 1.54) is 0 Å². The van der Waals surface area contributed by atoms with Crippen LogP contribution in [0.25, 0.3) is 0 Å². The first-order valence-electron chi connectivity index (χ1n) is 9.21. The van der Waals surface area contributed by atoms with Crippen LogP contribution in [-0.4, -0.2) is 61.7 Å². The van der Waals surface area contributed by atoms with E-state index in [4.69, 9.17) is 18.9 Å². The van der Waals surface area contributed by atoms with E-state index in [2.05, 4.69) is 4.90 Å². The second-order valence-electron chi connectivity index (χ2n) is 7.16. The predicted octanol–water partition coefficient (Wildman–Crippen LogP) is 1.97. The summed E-state index contributed by atoms with van der Waals surface area (Å²) in [5.41, 5.74) is 0.777. The van der Waals surface area contributed by atoms with Gasteiger partial charge >= 0.3 is 0 Å². The summed E-state index contributed by atoms with van der Waals surface area (Å²) in [6.07, 6.45) is 3.24. The Labute approximate surface area is 148 Å². The average molecular weight is 349 g/mol. The zero-order valence-corrected chi connectivity index (χ0v) is 14.8. The number of rotatable bonds is 3. The molecule has 4 rings (SSSR count). The number of benzene rings is 1. The van der Waals surface area contributed by atoms with Crippen LogP contribution in [0.15, 0.2) is 12.1 Å². The Kier molecular flexibility index (Phi) is 4.75. The minimum Gasteiger partial charge on any atom is -0.496 e. The zero-order chi connectivity index (χ0) is 17.3. The fourth-order valence-corrected chi connectivity index (χ4v) is 4.15. The van der Waals surface area contributed by atoms with Crippen LogP contribution in [0.4, 0.5) is 0 Å². The van der Waals surface area contributed by atoms with Crippen LogP contribution in [0.2, 0.25) is 0 Å². The van der Waals surface area contributed by atoms with E-state index in [9.17, 15) is 5.11 Å². The lowest BCUT2D eigenvalue weighted by atomic mass is 9.82. The van der Waals surface area contributed by atoms with Crippen molar-refractivity contribution in [1.82, 2.24) is 4.90 Å². The summed E-state index contributed by atoms with van der Waals surface area (Å²) < 4.78 is 22.9. The molecule has 3 aliphatic heterocycles. The van der Waals surface area contributed by atoms with Gasteiger partial charge in [0.25, 0.3) is 0 Å². The minimum atomic E-state index is -0.328. The van der Waals surface area contributed by atoms with Gasteiger partial charge in [-0.2, -0.15) is 0 Å². The summed E-state index contributed by atoms with van der Waals surface area (Å²) in [5, 5.41) is 10.4. The Bertz CT molecular complexity index is 612. The van der Waals surface area contributed by atoms with Gasteiger partial charge in [0.2, 0.25) is 0 Å². The summed E-state index contributed by atoms with van der Waals surface area (Å²) in [6.45, 7) is 4.55. The van der Waals surface area contributed by atoms with Crippen LogP contribution in [0.3, 0.4) is 0 Å². The van der Waals surface area contributed by atoms with Gasteiger partial charge in [-0.05, 0) is 31.7 Å². The molecule has 6 heteroatoms. The van der Waals surface area contributed by atoms with Gasteiger partial charge in [-0.3, -0.25) is 4.90 Å². The smallest absolute Gasteiger partial charge is 0.165 e. The third-order valence-corrected chi connectivity index (χ3v) is 5.66. The summed E-state index contributed by atoms with van der Waals surface area (Å²) in [4.78, 5) is 2.39. The highest BCUT2D eigenvalue weighted by atomic mass is 16.6. The molecule has 1 N–H and O–H groups in total. The highest BCUT2D eigenvalue weighted by Crippen LogP contribution is 2.39. The first-order valence-corrected chi connectivity index (χ1v) is 9.21. The number of hydrogen-bond donors (Lipinski definition) is 1. The number of ether oxygens (including phenoxy) is 4. The van der Waals surface area contributed by atoms with Crippen LogP contribution >= 0.6 is 0 Å². The maximum Gasteiger partial charge on any atom is 0.165 e. The fraction of sp³-hybridized carbons (Fsp3) is 0.684. The van der Waals surface area contributed by atoms with Crippen molar-refractivity contribution in [2.75, 3.05) is 40.0 Å². The van der Waals surface area contributed by atoms with Gasteiger partial charge in [0.1, 0.15) is 19.0 Å². The van der Waals surface area contributed by atoms with Crippen LogP contribution in [0, 0.1) is 0 Å². The second kappa shape index (κ2) is 7.02. The van der Waals surface area contributed by atoms with Crippen molar-refractivity contribution in [2.24, 2.45) is 0 Å². The molecule has 0 aromatic heterocycles.